The van der Waals surface area contributed by atoms with Crippen LogP contribution in [0.3, 0.4) is 0 Å². The summed E-state index contributed by atoms with van der Waals surface area (Å²) in [6.45, 7) is 1.69. The number of methoxy groups -OCH3 is 1. The first-order valence-corrected chi connectivity index (χ1v) is 6.08. The van der Waals surface area contributed by atoms with Gasteiger partial charge in [0.2, 0.25) is 5.95 Å². The quantitative estimate of drug-likeness (QED) is 0.687. The first-order chi connectivity index (χ1) is 10.0. The number of nitrogens with zero attached hydrogens (tertiary/aromatic N) is 1. The summed E-state index contributed by atoms with van der Waals surface area (Å²) in [6, 6.07) is 3.92. The molecule has 2 heterocycles. The maximum absolute atomic E-state index is 12.9. The summed E-state index contributed by atoms with van der Waals surface area (Å²) in [5.74, 6) is -0.906. The van der Waals surface area contributed by atoms with Crippen molar-refractivity contribution in [1.29, 1.82) is 0 Å². The van der Waals surface area contributed by atoms with Crippen LogP contribution in [0, 0.1) is 12.9 Å². The largest absolute Gasteiger partial charge is 0.465 e. The van der Waals surface area contributed by atoms with E-state index in [1.807, 2.05) is 0 Å². The van der Waals surface area contributed by atoms with Gasteiger partial charge in [0.25, 0.3) is 5.91 Å². The van der Waals surface area contributed by atoms with E-state index in [0.717, 1.165) is 6.07 Å². The van der Waals surface area contributed by atoms with E-state index in [1.165, 1.54) is 25.4 Å². The number of ether oxygens (including phenoxy) is 1. The second kappa shape index (κ2) is 6.17. The average molecular weight is 292 g/mol. The number of aromatic nitrogens is 1. The molecule has 110 valence electrons. The fraction of sp³-hybridized carbons (Fsp3) is 0.214. The Hall–Kier alpha value is -2.70. The van der Waals surface area contributed by atoms with Crippen molar-refractivity contribution in [2.75, 3.05) is 7.11 Å². The number of furan rings is 1. The van der Waals surface area contributed by atoms with E-state index < -0.39 is 17.8 Å². The van der Waals surface area contributed by atoms with Crippen molar-refractivity contribution in [3.05, 3.63) is 53.0 Å². The second-order valence-electron chi connectivity index (χ2n) is 4.22. The van der Waals surface area contributed by atoms with Gasteiger partial charge in [0.1, 0.15) is 17.1 Å². The zero-order valence-electron chi connectivity index (χ0n) is 11.5. The number of carbonyl (C=O) groups is 2. The highest BCUT2D eigenvalue weighted by Gasteiger charge is 2.16. The Morgan fingerprint density at radius 2 is 2.19 bits per heavy atom. The SMILES string of the molecule is COC(=O)c1cc(CNC(=O)c2ccnc(F)c2)oc1C. The van der Waals surface area contributed by atoms with Crippen LogP contribution in [0.25, 0.3) is 0 Å². The molecule has 21 heavy (non-hydrogen) atoms. The van der Waals surface area contributed by atoms with E-state index in [4.69, 9.17) is 4.42 Å². The van der Waals surface area contributed by atoms with Crippen LogP contribution >= 0.6 is 0 Å². The first-order valence-electron chi connectivity index (χ1n) is 6.08. The topological polar surface area (TPSA) is 81.4 Å². The lowest BCUT2D eigenvalue weighted by Gasteiger charge is -2.02. The number of amides is 1. The number of aryl methyl sites for hydroxylation is 1. The van der Waals surface area contributed by atoms with Crippen LogP contribution in [-0.2, 0) is 11.3 Å². The van der Waals surface area contributed by atoms with Crippen molar-refractivity contribution in [1.82, 2.24) is 10.3 Å². The number of esters is 1. The van der Waals surface area contributed by atoms with Crippen LogP contribution < -0.4 is 5.32 Å². The molecule has 0 saturated heterocycles. The van der Waals surface area contributed by atoms with Gasteiger partial charge in [-0.15, -0.1) is 0 Å². The third kappa shape index (κ3) is 3.44. The van der Waals surface area contributed by atoms with Crippen LogP contribution in [0.2, 0.25) is 0 Å². The summed E-state index contributed by atoms with van der Waals surface area (Å²) >= 11 is 0. The monoisotopic (exact) mass is 292 g/mol. The molecule has 2 aromatic rings. The second-order valence-corrected chi connectivity index (χ2v) is 4.22. The summed E-state index contributed by atoms with van der Waals surface area (Å²) in [4.78, 5) is 26.6. The van der Waals surface area contributed by atoms with E-state index >= 15 is 0 Å². The van der Waals surface area contributed by atoms with Crippen LogP contribution in [-0.4, -0.2) is 24.0 Å². The molecule has 2 aromatic heterocycles. The van der Waals surface area contributed by atoms with Gasteiger partial charge in [0.15, 0.2) is 0 Å². The maximum atomic E-state index is 12.9. The molecule has 0 radical (unpaired) electrons. The number of nitrogens with one attached hydrogen (secondary N) is 1. The number of halogens is 1. The highest BCUT2D eigenvalue weighted by atomic mass is 19.1. The fourth-order valence-electron chi connectivity index (χ4n) is 1.76. The third-order valence-corrected chi connectivity index (χ3v) is 2.79. The Morgan fingerprint density at radius 3 is 2.86 bits per heavy atom. The summed E-state index contributed by atoms with van der Waals surface area (Å²) in [7, 11) is 1.27. The first kappa shape index (κ1) is 14.7. The van der Waals surface area contributed by atoms with Crippen molar-refractivity contribution in [3.8, 4) is 0 Å². The zero-order valence-corrected chi connectivity index (χ0v) is 11.5. The Morgan fingerprint density at radius 1 is 1.43 bits per heavy atom. The van der Waals surface area contributed by atoms with Crippen LogP contribution in [0.1, 0.15) is 32.2 Å². The number of rotatable bonds is 4. The van der Waals surface area contributed by atoms with Crippen molar-refractivity contribution in [2.24, 2.45) is 0 Å². The lowest BCUT2D eigenvalue weighted by atomic mass is 10.2. The smallest absolute Gasteiger partial charge is 0.341 e. The summed E-state index contributed by atoms with van der Waals surface area (Å²) in [6.07, 6.45) is 1.21. The molecule has 0 fully saturated rings. The molecule has 0 aliphatic rings. The molecule has 2 rings (SSSR count). The number of hydrogen-bond acceptors (Lipinski definition) is 5. The van der Waals surface area contributed by atoms with Gasteiger partial charge < -0.3 is 14.5 Å². The highest BCUT2D eigenvalue weighted by molar-refractivity contribution is 5.94. The average Bonchev–Trinajstić information content (AvgIpc) is 2.85. The van der Waals surface area contributed by atoms with E-state index in [2.05, 4.69) is 15.0 Å². The molecule has 0 spiro atoms. The van der Waals surface area contributed by atoms with Crippen molar-refractivity contribution in [2.45, 2.75) is 13.5 Å². The lowest BCUT2D eigenvalue weighted by Crippen LogP contribution is -2.22. The molecule has 0 aliphatic carbocycles. The Bertz CT molecular complexity index is 681. The summed E-state index contributed by atoms with van der Waals surface area (Å²) in [5, 5.41) is 2.56. The van der Waals surface area contributed by atoms with Crippen molar-refractivity contribution >= 4 is 11.9 Å². The van der Waals surface area contributed by atoms with Gasteiger partial charge in [-0.3, -0.25) is 4.79 Å². The van der Waals surface area contributed by atoms with Crippen molar-refractivity contribution in [3.63, 3.8) is 0 Å². The molecular weight excluding hydrogens is 279 g/mol. The molecule has 0 atom stereocenters. The fourth-order valence-corrected chi connectivity index (χ4v) is 1.76. The van der Waals surface area contributed by atoms with Crippen LogP contribution in [0.15, 0.2) is 28.8 Å². The molecule has 0 saturated carbocycles. The van der Waals surface area contributed by atoms with Gasteiger partial charge in [-0.25, -0.2) is 9.78 Å². The van der Waals surface area contributed by atoms with Gasteiger partial charge >= 0.3 is 5.97 Å². The Kier molecular flexibility index (Phi) is 4.32. The zero-order chi connectivity index (χ0) is 15.4. The molecule has 0 bridgehead atoms. The van der Waals surface area contributed by atoms with Gasteiger partial charge in [0, 0.05) is 17.8 Å². The maximum Gasteiger partial charge on any atom is 0.341 e. The van der Waals surface area contributed by atoms with Gasteiger partial charge in [0.05, 0.1) is 13.7 Å². The molecule has 0 aliphatic heterocycles. The lowest BCUT2D eigenvalue weighted by molar-refractivity contribution is 0.0598. The van der Waals surface area contributed by atoms with E-state index in [-0.39, 0.29) is 12.1 Å². The molecule has 1 N–H and O–H groups in total. The van der Waals surface area contributed by atoms with Crippen LogP contribution in [0.4, 0.5) is 4.39 Å². The predicted octanol–water partition coefficient (Wildman–Crippen LogP) is 1.84. The highest BCUT2D eigenvalue weighted by Crippen LogP contribution is 2.15. The summed E-state index contributed by atoms with van der Waals surface area (Å²) in [5.41, 5.74) is 0.454. The Balaban J connectivity index is 2.03. The number of carbonyl (C=O) groups excluding carboxylic acids is 2. The molecule has 1 amide bonds. The molecule has 6 nitrogen and oxygen atoms in total. The van der Waals surface area contributed by atoms with Crippen LogP contribution in [0.5, 0.6) is 0 Å². The van der Waals surface area contributed by atoms with E-state index in [1.54, 1.807) is 6.92 Å². The standard InChI is InChI=1S/C14H13FN2O4/c1-8-11(14(19)20-2)6-10(21-8)7-17-13(18)9-3-4-16-12(15)5-9/h3-6H,7H2,1-2H3,(H,17,18). The van der Waals surface area contributed by atoms with Gasteiger partial charge in [-0.2, -0.15) is 4.39 Å². The number of pyridine rings is 1. The Labute approximate surface area is 119 Å². The predicted molar refractivity (Wildman–Crippen MR) is 70.1 cm³/mol. The van der Waals surface area contributed by atoms with E-state index in [0.29, 0.717) is 17.1 Å². The van der Waals surface area contributed by atoms with Crippen molar-refractivity contribution < 1.29 is 23.1 Å². The third-order valence-electron chi connectivity index (χ3n) is 2.79. The minimum absolute atomic E-state index is 0.0700. The normalized spacial score (nSPS) is 10.2. The molecule has 7 heteroatoms. The van der Waals surface area contributed by atoms with Gasteiger partial charge in [-0.05, 0) is 19.1 Å². The van der Waals surface area contributed by atoms with E-state index in [9.17, 15) is 14.0 Å². The van der Waals surface area contributed by atoms with Gasteiger partial charge in [-0.1, -0.05) is 0 Å². The minimum Gasteiger partial charge on any atom is -0.465 e. The minimum atomic E-state index is -0.732. The molecular formula is C14H13FN2O4. The molecule has 0 aromatic carbocycles. The molecule has 0 unspecified atom stereocenters. The number of hydrogen-bond donors (Lipinski definition) is 1. The summed E-state index contributed by atoms with van der Waals surface area (Å²) < 4.78 is 22.9.